The molecule has 23 heavy (non-hydrogen) atoms. The average Bonchev–Trinajstić information content (AvgIpc) is 2.87. The Morgan fingerprint density at radius 3 is 2.65 bits per heavy atom. The Bertz CT molecular complexity index is 908. The second-order valence-corrected chi connectivity index (χ2v) is 6.96. The molecule has 0 fully saturated rings. The van der Waals surface area contributed by atoms with E-state index in [0.717, 1.165) is 10.1 Å². The molecule has 7 heteroatoms. The minimum atomic E-state index is -0.334. The molecule has 0 bridgehead atoms. The number of thiophene rings is 1. The lowest BCUT2D eigenvalue weighted by Gasteiger charge is -2.06. The van der Waals surface area contributed by atoms with Crippen molar-refractivity contribution in [3.05, 3.63) is 56.3 Å². The van der Waals surface area contributed by atoms with E-state index in [2.05, 4.69) is 5.32 Å². The van der Waals surface area contributed by atoms with E-state index in [9.17, 15) is 4.79 Å². The van der Waals surface area contributed by atoms with Crippen molar-refractivity contribution in [2.45, 2.75) is 0 Å². The molecule has 1 aromatic heterocycles. The van der Waals surface area contributed by atoms with Gasteiger partial charge in [-0.1, -0.05) is 34.8 Å². The molecule has 0 unspecified atom stereocenters. The smallest absolute Gasteiger partial charge is 0.267 e. The molecule has 0 radical (unpaired) electrons. The number of nitrogens with one attached hydrogen (secondary N) is 1. The number of carbonyl (C=O) groups is 1. The predicted octanol–water partition coefficient (Wildman–Crippen LogP) is 6.12. The van der Waals surface area contributed by atoms with Gasteiger partial charge in [-0.2, -0.15) is 0 Å². The SMILES string of the molecule is COc1ccc2sc(C(=O)Nc3cc(Cl)ccc3Cl)c(Cl)c2c1. The molecule has 0 saturated heterocycles. The molecule has 3 rings (SSSR count). The highest BCUT2D eigenvalue weighted by Gasteiger charge is 2.18. The first kappa shape index (κ1) is 16.4. The Balaban J connectivity index is 1.97. The van der Waals surface area contributed by atoms with Crippen molar-refractivity contribution in [3.8, 4) is 5.75 Å². The third-order valence-corrected chi connectivity index (χ3v) is 5.46. The molecule has 0 saturated carbocycles. The number of halogens is 3. The van der Waals surface area contributed by atoms with Crippen LogP contribution in [0.4, 0.5) is 5.69 Å². The van der Waals surface area contributed by atoms with Gasteiger partial charge in [0.25, 0.3) is 5.91 Å². The molecular formula is C16H10Cl3NO2S. The first-order valence-corrected chi connectivity index (χ1v) is 8.47. The molecule has 1 amide bonds. The van der Waals surface area contributed by atoms with Crippen LogP contribution >= 0.6 is 46.1 Å². The molecule has 2 aromatic carbocycles. The summed E-state index contributed by atoms with van der Waals surface area (Å²) in [5, 5.41) is 4.79. The van der Waals surface area contributed by atoms with E-state index in [1.165, 1.54) is 11.3 Å². The number of hydrogen-bond acceptors (Lipinski definition) is 3. The van der Waals surface area contributed by atoms with E-state index in [0.29, 0.717) is 31.4 Å². The summed E-state index contributed by atoms with van der Waals surface area (Å²) in [7, 11) is 1.58. The maximum atomic E-state index is 12.5. The third kappa shape index (κ3) is 3.26. The first-order chi connectivity index (χ1) is 11.0. The maximum absolute atomic E-state index is 12.5. The van der Waals surface area contributed by atoms with Gasteiger partial charge >= 0.3 is 0 Å². The topological polar surface area (TPSA) is 38.3 Å². The van der Waals surface area contributed by atoms with Gasteiger partial charge in [-0.25, -0.2) is 0 Å². The number of benzene rings is 2. The molecular weight excluding hydrogens is 377 g/mol. The Hall–Kier alpha value is -1.46. The lowest BCUT2D eigenvalue weighted by atomic mass is 10.2. The Kier molecular flexibility index (Phi) is 4.69. The lowest BCUT2D eigenvalue weighted by molar-refractivity contribution is 0.103. The number of hydrogen-bond donors (Lipinski definition) is 1. The van der Waals surface area contributed by atoms with Gasteiger partial charge in [0.2, 0.25) is 0 Å². The summed E-state index contributed by atoms with van der Waals surface area (Å²) in [4.78, 5) is 12.9. The summed E-state index contributed by atoms with van der Waals surface area (Å²) < 4.78 is 6.09. The monoisotopic (exact) mass is 385 g/mol. The zero-order valence-corrected chi connectivity index (χ0v) is 14.9. The Morgan fingerprint density at radius 2 is 1.91 bits per heavy atom. The normalized spacial score (nSPS) is 10.8. The fourth-order valence-corrected chi connectivity index (χ4v) is 3.81. The van der Waals surface area contributed by atoms with Crippen molar-refractivity contribution in [1.29, 1.82) is 0 Å². The van der Waals surface area contributed by atoms with Crippen molar-refractivity contribution in [1.82, 2.24) is 0 Å². The quantitative estimate of drug-likeness (QED) is 0.588. The number of amides is 1. The van der Waals surface area contributed by atoms with Crippen molar-refractivity contribution in [2.75, 3.05) is 12.4 Å². The highest BCUT2D eigenvalue weighted by Crippen LogP contribution is 2.38. The van der Waals surface area contributed by atoms with Gasteiger partial charge in [0, 0.05) is 15.1 Å². The summed E-state index contributed by atoms with van der Waals surface area (Å²) in [6.45, 7) is 0. The zero-order chi connectivity index (χ0) is 16.6. The van der Waals surface area contributed by atoms with E-state index < -0.39 is 0 Å². The fourth-order valence-electron chi connectivity index (χ4n) is 2.09. The predicted molar refractivity (Wildman–Crippen MR) is 97.8 cm³/mol. The van der Waals surface area contributed by atoms with Gasteiger partial charge in [-0.05, 0) is 36.4 Å². The summed E-state index contributed by atoms with van der Waals surface area (Å²) in [5.41, 5.74) is 0.440. The van der Waals surface area contributed by atoms with Crippen LogP contribution in [-0.2, 0) is 0 Å². The number of anilines is 1. The molecule has 0 atom stereocenters. The second-order valence-electron chi connectivity index (χ2n) is 4.69. The van der Waals surface area contributed by atoms with Gasteiger partial charge in [-0.3, -0.25) is 4.79 Å². The molecule has 118 valence electrons. The van der Waals surface area contributed by atoms with Crippen molar-refractivity contribution in [3.63, 3.8) is 0 Å². The van der Waals surface area contributed by atoms with Crippen LogP contribution in [0.15, 0.2) is 36.4 Å². The third-order valence-electron chi connectivity index (χ3n) is 3.22. The number of carbonyl (C=O) groups excluding carboxylic acids is 1. The van der Waals surface area contributed by atoms with Crippen LogP contribution in [0, 0.1) is 0 Å². The number of ether oxygens (including phenoxy) is 1. The van der Waals surface area contributed by atoms with Crippen LogP contribution in [0.25, 0.3) is 10.1 Å². The van der Waals surface area contributed by atoms with Crippen molar-refractivity contribution in [2.24, 2.45) is 0 Å². The average molecular weight is 387 g/mol. The van der Waals surface area contributed by atoms with Crippen molar-refractivity contribution >= 4 is 67.8 Å². The molecule has 0 aliphatic heterocycles. The summed E-state index contributed by atoms with van der Waals surface area (Å²) in [6, 6.07) is 10.4. The fraction of sp³-hybridized carbons (Fsp3) is 0.0625. The molecule has 1 heterocycles. The number of fused-ring (bicyclic) bond motifs is 1. The standard InChI is InChI=1S/C16H10Cl3NO2S/c1-22-9-3-5-13-10(7-9)14(19)15(23-13)16(21)20-12-6-8(17)2-4-11(12)18/h2-7H,1H3,(H,20,21). The van der Waals surface area contributed by atoms with Gasteiger partial charge in [0.05, 0.1) is 22.8 Å². The minimum Gasteiger partial charge on any atom is -0.497 e. The Morgan fingerprint density at radius 1 is 1.13 bits per heavy atom. The van der Waals surface area contributed by atoms with E-state index in [-0.39, 0.29) is 5.91 Å². The minimum absolute atomic E-state index is 0.334. The van der Waals surface area contributed by atoms with E-state index in [1.807, 2.05) is 12.1 Å². The summed E-state index contributed by atoms with van der Waals surface area (Å²) in [6.07, 6.45) is 0. The zero-order valence-electron chi connectivity index (χ0n) is 11.8. The van der Waals surface area contributed by atoms with E-state index in [1.54, 1.807) is 31.4 Å². The highest BCUT2D eigenvalue weighted by molar-refractivity contribution is 7.21. The van der Waals surface area contributed by atoms with Crippen molar-refractivity contribution < 1.29 is 9.53 Å². The van der Waals surface area contributed by atoms with Gasteiger partial charge < -0.3 is 10.1 Å². The number of methoxy groups -OCH3 is 1. The molecule has 0 aliphatic rings. The van der Waals surface area contributed by atoms with E-state index >= 15 is 0 Å². The molecule has 3 aromatic rings. The second kappa shape index (κ2) is 6.57. The maximum Gasteiger partial charge on any atom is 0.267 e. The van der Waals surface area contributed by atoms with Crippen LogP contribution in [0.3, 0.4) is 0 Å². The van der Waals surface area contributed by atoms with Crippen LogP contribution in [-0.4, -0.2) is 13.0 Å². The largest absolute Gasteiger partial charge is 0.497 e. The number of rotatable bonds is 3. The van der Waals surface area contributed by atoms with Crippen LogP contribution in [0.1, 0.15) is 9.67 Å². The van der Waals surface area contributed by atoms with Gasteiger partial charge in [0.15, 0.2) is 0 Å². The van der Waals surface area contributed by atoms with Gasteiger partial charge in [0.1, 0.15) is 10.6 Å². The summed E-state index contributed by atoms with van der Waals surface area (Å²) >= 11 is 19.7. The van der Waals surface area contributed by atoms with Crippen LogP contribution in [0.5, 0.6) is 5.75 Å². The first-order valence-electron chi connectivity index (χ1n) is 6.52. The highest BCUT2D eigenvalue weighted by atomic mass is 35.5. The van der Waals surface area contributed by atoms with Crippen LogP contribution in [0.2, 0.25) is 15.1 Å². The van der Waals surface area contributed by atoms with E-state index in [4.69, 9.17) is 39.5 Å². The Labute approximate surface area is 151 Å². The molecule has 0 spiro atoms. The lowest BCUT2D eigenvalue weighted by Crippen LogP contribution is -2.11. The summed E-state index contributed by atoms with van der Waals surface area (Å²) in [5.74, 6) is 0.348. The van der Waals surface area contributed by atoms with Crippen LogP contribution < -0.4 is 10.1 Å². The molecule has 1 N–H and O–H groups in total. The molecule has 0 aliphatic carbocycles. The molecule has 3 nitrogen and oxygen atoms in total. The van der Waals surface area contributed by atoms with Gasteiger partial charge in [-0.15, -0.1) is 11.3 Å².